The first-order chi connectivity index (χ1) is 35.2. The van der Waals surface area contributed by atoms with Crippen molar-refractivity contribution in [3.05, 3.63) is 179 Å². The van der Waals surface area contributed by atoms with Crippen LogP contribution in [0.25, 0.3) is 70.7 Å². The van der Waals surface area contributed by atoms with E-state index in [0.29, 0.717) is 108 Å². The maximum Gasteiger partial charge on any atom is 0.743 e. The fourth-order valence-electron chi connectivity index (χ4n) is 9.20. The Kier molecular flexibility index (Phi) is 11.2. The van der Waals surface area contributed by atoms with Crippen LogP contribution in [-0.4, -0.2) is 46.6 Å². The summed E-state index contributed by atoms with van der Waals surface area (Å²) in [5.41, 5.74) is 4.43. The standard InChI is InChI=1S/C56H42B2N6O7S/c1-33(2)31-65-37-18-14-16-35(28-37)51-48-49(54(64(51)58-70-45-25-11-12-26-46(45)71-58)50(60-5)55-61-40-20-6-8-22-42(40)67-55)52(36-17-15-19-38(29-36)66-32-34(3)4)63(57-68-43-23-9-10-24-44(43)69-57)53(48)39(30-59)56-62-41-21-7-13-27-47(41)72-56/h6-29,33-34H,31-32H2,1-4H3/b53-39-,54-50+. The zero-order chi connectivity index (χ0) is 49.0. The Labute approximate surface area is 418 Å². The maximum atomic E-state index is 11.9. The number of rotatable bonds is 12. The molecule has 16 heteroatoms. The van der Waals surface area contributed by atoms with Gasteiger partial charge in [0.15, 0.2) is 5.58 Å². The SMILES string of the molecule is [C-]#[N+]/C(c1nc2ccccc2o1)=c1\c2c(-c3cccc(OCC(C)C)c3)n(B3Oc4ccccc4O3)/c(=C(/C#N)c3nc4ccccc4s3)c2c(-c2cccc(OCC(C)C)c2)n1B1Oc2ccccc2O1. The van der Waals surface area contributed by atoms with Crippen molar-refractivity contribution in [2.75, 3.05) is 13.2 Å². The van der Waals surface area contributed by atoms with Gasteiger partial charge in [0, 0.05) is 21.9 Å². The first-order valence-corrected chi connectivity index (χ1v) is 24.4. The van der Waals surface area contributed by atoms with Gasteiger partial charge in [0.25, 0.3) is 5.70 Å². The van der Waals surface area contributed by atoms with E-state index < -0.39 is 14.5 Å². The van der Waals surface area contributed by atoms with Gasteiger partial charge >= 0.3 is 14.5 Å². The molecule has 2 aliphatic rings. The van der Waals surface area contributed by atoms with E-state index in [1.165, 1.54) is 11.3 Å². The number of hydrogen-bond acceptors (Lipinski definition) is 11. The molecule has 2 aliphatic heterocycles. The number of thiazole rings is 1. The van der Waals surface area contributed by atoms with E-state index in [4.69, 9.17) is 42.5 Å². The van der Waals surface area contributed by atoms with Gasteiger partial charge in [-0.05, 0) is 84.6 Å². The number of aromatic nitrogens is 4. The predicted molar refractivity (Wildman–Crippen MR) is 279 cm³/mol. The van der Waals surface area contributed by atoms with Crippen LogP contribution >= 0.6 is 11.3 Å². The molecule has 10 aromatic rings. The van der Waals surface area contributed by atoms with Gasteiger partial charge < -0.3 is 41.5 Å². The maximum absolute atomic E-state index is 11.9. The van der Waals surface area contributed by atoms with Gasteiger partial charge in [-0.2, -0.15) is 5.26 Å². The smallest absolute Gasteiger partial charge is 0.503 e. The minimum atomic E-state index is -1.20. The highest BCUT2D eigenvalue weighted by molar-refractivity contribution is 7.19. The highest BCUT2D eigenvalue weighted by atomic mass is 32.1. The molecule has 0 aliphatic carbocycles. The Hall–Kier alpha value is -8.85. The van der Waals surface area contributed by atoms with Crippen LogP contribution in [0, 0.1) is 29.7 Å². The summed E-state index contributed by atoms with van der Waals surface area (Å²) >= 11 is 1.40. The zero-order valence-electron chi connectivity index (χ0n) is 39.5. The molecule has 0 amide bonds. The van der Waals surface area contributed by atoms with Crippen molar-refractivity contribution in [2.45, 2.75) is 27.7 Å². The Morgan fingerprint density at radius 3 is 1.65 bits per heavy atom. The third-order valence-corrected chi connectivity index (χ3v) is 13.3. The first-order valence-electron chi connectivity index (χ1n) is 23.6. The molecule has 0 N–H and O–H groups in total. The highest BCUT2D eigenvalue weighted by Gasteiger charge is 2.45. The van der Waals surface area contributed by atoms with Gasteiger partial charge in [-0.15, -0.1) is 11.3 Å². The van der Waals surface area contributed by atoms with Crippen LogP contribution in [0.15, 0.2) is 150 Å². The Morgan fingerprint density at radius 1 is 0.639 bits per heavy atom. The largest absolute Gasteiger partial charge is 0.743 e. The van der Waals surface area contributed by atoms with E-state index in [9.17, 15) is 11.8 Å². The zero-order valence-corrected chi connectivity index (χ0v) is 40.3. The minimum Gasteiger partial charge on any atom is -0.503 e. The lowest BCUT2D eigenvalue weighted by molar-refractivity contribution is 0.271. The van der Waals surface area contributed by atoms with Gasteiger partial charge in [0.1, 0.15) is 56.7 Å². The molecule has 6 aromatic carbocycles. The Balaban J connectivity index is 1.34. The average molecular weight is 965 g/mol. The summed E-state index contributed by atoms with van der Waals surface area (Å²) in [6, 6.07) is 48.2. The monoisotopic (exact) mass is 964 g/mol. The number of para-hydroxylation sites is 7. The second kappa shape index (κ2) is 18.2. The van der Waals surface area contributed by atoms with E-state index in [1.54, 1.807) is 0 Å². The van der Waals surface area contributed by atoms with Gasteiger partial charge in [-0.3, -0.25) is 0 Å². The fourth-order valence-corrected chi connectivity index (χ4v) is 10.2. The fraction of sp³-hybridized carbons (Fsp3) is 0.143. The Bertz CT molecular complexity index is 3620. The lowest BCUT2D eigenvalue weighted by atomic mass is 10.0. The molecule has 4 aromatic heterocycles. The van der Waals surface area contributed by atoms with E-state index >= 15 is 0 Å². The molecule has 350 valence electrons. The number of fused-ring (bicyclic) bond motifs is 5. The summed E-state index contributed by atoms with van der Waals surface area (Å²) < 4.78 is 51.4. The number of hydrogen-bond donors (Lipinski definition) is 0. The molecule has 0 spiro atoms. The summed E-state index contributed by atoms with van der Waals surface area (Å²) in [5, 5.41) is 14.1. The van der Waals surface area contributed by atoms with Crippen molar-refractivity contribution in [1.29, 1.82) is 5.26 Å². The molecule has 0 atom stereocenters. The lowest BCUT2D eigenvalue weighted by Crippen LogP contribution is -2.44. The van der Waals surface area contributed by atoms with Crippen LogP contribution < -0.4 is 38.8 Å². The molecule has 0 radical (unpaired) electrons. The van der Waals surface area contributed by atoms with Crippen LogP contribution in [0.2, 0.25) is 0 Å². The molecular weight excluding hydrogens is 922 g/mol. The summed E-state index contributed by atoms with van der Waals surface area (Å²) in [5.74, 6) is 3.79. The molecule has 72 heavy (non-hydrogen) atoms. The summed E-state index contributed by atoms with van der Waals surface area (Å²) in [6.07, 6.45) is 0. The second-order valence-corrected chi connectivity index (χ2v) is 19.3. The normalized spacial score (nSPS) is 13.6. The number of nitriles is 1. The van der Waals surface area contributed by atoms with E-state index in [-0.39, 0.29) is 29.0 Å². The lowest BCUT2D eigenvalue weighted by Gasteiger charge is -2.17. The number of benzene rings is 6. The number of oxazole rings is 1. The molecule has 0 saturated carbocycles. The van der Waals surface area contributed by atoms with E-state index in [1.807, 2.05) is 155 Å². The minimum absolute atomic E-state index is 0.0463. The second-order valence-electron chi connectivity index (χ2n) is 18.2. The van der Waals surface area contributed by atoms with Crippen molar-refractivity contribution in [3.63, 3.8) is 0 Å². The van der Waals surface area contributed by atoms with E-state index in [0.717, 1.165) is 10.2 Å². The number of nitrogens with zero attached hydrogens (tertiary/aromatic N) is 6. The molecule has 12 rings (SSSR count). The molecule has 0 fully saturated rings. The van der Waals surface area contributed by atoms with Gasteiger partial charge in [-0.25, -0.2) is 14.8 Å². The van der Waals surface area contributed by atoms with Crippen molar-refractivity contribution in [3.8, 4) is 63.1 Å². The topological polar surface area (TPSA) is 132 Å². The molecule has 0 saturated heterocycles. The highest BCUT2D eigenvalue weighted by Crippen LogP contribution is 2.42. The van der Waals surface area contributed by atoms with Gasteiger partial charge in [0.05, 0.1) is 52.1 Å². The predicted octanol–water partition coefficient (Wildman–Crippen LogP) is 11.0. The van der Waals surface area contributed by atoms with Gasteiger partial charge in [-0.1, -0.05) is 100 Å². The Morgan fingerprint density at radius 2 is 1.14 bits per heavy atom. The van der Waals surface area contributed by atoms with E-state index in [2.05, 4.69) is 38.6 Å². The van der Waals surface area contributed by atoms with Crippen LogP contribution in [-0.2, 0) is 0 Å². The average Bonchev–Trinajstić information content (AvgIpc) is 4.26. The molecule has 6 heterocycles. The summed E-state index contributed by atoms with van der Waals surface area (Å²) in [7, 11) is -2.39. The molecule has 0 unspecified atom stereocenters. The summed E-state index contributed by atoms with van der Waals surface area (Å²) in [4.78, 5) is 14.4. The number of ether oxygens (including phenoxy) is 2. The van der Waals surface area contributed by atoms with Crippen LogP contribution in [0.5, 0.6) is 34.5 Å². The van der Waals surface area contributed by atoms with Gasteiger partial charge in [0.2, 0.25) is 5.89 Å². The third kappa shape index (κ3) is 7.73. The third-order valence-electron chi connectivity index (χ3n) is 12.3. The molecule has 13 nitrogen and oxygen atoms in total. The quantitative estimate of drug-likeness (QED) is 0.0861. The van der Waals surface area contributed by atoms with Crippen LogP contribution in [0.1, 0.15) is 38.6 Å². The van der Waals surface area contributed by atoms with Crippen molar-refractivity contribution in [2.24, 2.45) is 11.8 Å². The molecular formula is C56H42B2N6O7S. The van der Waals surface area contributed by atoms with Crippen LogP contribution in [0.3, 0.4) is 0 Å². The first kappa shape index (κ1) is 44.4. The van der Waals surface area contributed by atoms with Crippen molar-refractivity contribution in [1.82, 2.24) is 18.9 Å². The van der Waals surface area contributed by atoms with Crippen molar-refractivity contribution < 1.29 is 32.5 Å². The van der Waals surface area contributed by atoms with Crippen molar-refractivity contribution >= 4 is 69.2 Å². The summed E-state index contributed by atoms with van der Waals surface area (Å²) in [6.45, 7) is 18.5. The van der Waals surface area contributed by atoms with Crippen LogP contribution in [0.4, 0.5) is 0 Å². The molecule has 0 bridgehead atoms.